The molecule has 0 N–H and O–H groups in total. The van der Waals surface area contributed by atoms with E-state index in [1.54, 1.807) is 0 Å². The van der Waals surface area contributed by atoms with Gasteiger partial charge in [0.25, 0.3) is 5.91 Å². The number of hydrogen-bond donors (Lipinski definition) is 0. The topological polar surface area (TPSA) is 101 Å². The van der Waals surface area contributed by atoms with Gasteiger partial charge in [-0.05, 0) is 71.9 Å². The number of hydrogen-bond acceptors (Lipinski definition) is 8. The van der Waals surface area contributed by atoms with Crippen LogP contribution in [0.5, 0.6) is 5.75 Å². The van der Waals surface area contributed by atoms with Gasteiger partial charge in [-0.3, -0.25) is 14.3 Å². The third kappa shape index (κ3) is 6.81. The summed E-state index contributed by atoms with van der Waals surface area (Å²) in [6.45, 7) is 8.98. The normalized spacial score (nSPS) is 18.0. The first-order valence-corrected chi connectivity index (χ1v) is 13.0. The van der Waals surface area contributed by atoms with Crippen molar-refractivity contribution in [3.63, 3.8) is 0 Å². The Morgan fingerprint density at radius 2 is 1.54 bits per heavy atom. The molecule has 0 aliphatic carbocycles. The van der Waals surface area contributed by atoms with E-state index in [9.17, 15) is 27.3 Å². The van der Waals surface area contributed by atoms with Crippen LogP contribution in [0, 0.1) is 0 Å². The lowest BCUT2D eigenvalue weighted by Gasteiger charge is -2.38. The number of benzene rings is 2. The number of anilines is 1. The second-order valence-electron chi connectivity index (χ2n) is 10.8. The Morgan fingerprint density at radius 1 is 0.951 bits per heavy atom. The monoisotopic (exact) mass is 623 g/mol. The Kier molecular flexibility index (Phi) is 8.85. The average Bonchev–Trinajstić information content (AvgIpc) is 3.03. The fourth-order valence-electron chi connectivity index (χ4n) is 4.02. The van der Waals surface area contributed by atoms with Crippen LogP contribution in [0.25, 0.3) is 0 Å². The molecule has 9 nitrogen and oxygen atoms in total. The highest BCUT2D eigenvalue weighted by molar-refractivity contribution is 7.17. The van der Waals surface area contributed by atoms with Gasteiger partial charge in [0.1, 0.15) is 5.75 Å². The van der Waals surface area contributed by atoms with Crippen molar-refractivity contribution in [1.29, 1.82) is 0 Å². The molecule has 0 bridgehead atoms. The zero-order chi connectivity index (χ0) is 31.2. The Bertz CT molecular complexity index is 1340. The van der Waals surface area contributed by atoms with E-state index in [-0.39, 0.29) is 15.7 Å². The van der Waals surface area contributed by atoms with E-state index in [1.165, 1.54) is 60.8 Å². The number of amides is 2. The van der Waals surface area contributed by atoms with Crippen LogP contribution in [0.1, 0.15) is 58.2 Å². The molecule has 1 heterocycles. The van der Waals surface area contributed by atoms with Crippen LogP contribution >= 0.6 is 20.3 Å². The van der Waals surface area contributed by atoms with Crippen molar-refractivity contribution in [3.8, 4) is 5.75 Å². The van der Waals surface area contributed by atoms with Crippen LogP contribution in [0.3, 0.4) is 0 Å². The number of methoxy groups -OCH3 is 1. The van der Waals surface area contributed by atoms with Crippen LogP contribution < -0.4 is 9.64 Å². The maximum absolute atomic E-state index is 17.1. The van der Waals surface area contributed by atoms with E-state index in [0.717, 1.165) is 12.1 Å². The zero-order valence-electron chi connectivity index (χ0n) is 23.0. The van der Waals surface area contributed by atoms with Gasteiger partial charge in [-0.2, -0.15) is 17.7 Å². The van der Waals surface area contributed by atoms with Gasteiger partial charge >= 0.3 is 27.1 Å². The maximum Gasteiger partial charge on any atom is 0.475 e. The van der Waals surface area contributed by atoms with E-state index in [2.05, 4.69) is 0 Å². The highest BCUT2D eigenvalue weighted by Crippen LogP contribution is 2.52. The van der Waals surface area contributed by atoms with Gasteiger partial charge in [0.15, 0.2) is 0 Å². The molecule has 0 unspecified atom stereocenters. The van der Waals surface area contributed by atoms with Crippen LogP contribution in [0.2, 0.25) is 5.02 Å². The Morgan fingerprint density at radius 3 is 2.02 bits per heavy atom. The predicted molar refractivity (Wildman–Crippen MR) is 138 cm³/mol. The first kappa shape index (κ1) is 32.7. The quantitative estimate of drug-likeness (QED) is 0.177. The molecule has 2 aromatic carbocycles. The van der Waals surface area contributed by atoms with Crippen LogP contribution in [0.4, 0.5) is 28.0 Å². The summed E-state index contributed by atoms with van der Waals surface area (Å²) in [7, 11) is 0.0783. The molecule has 0 radical (unpaired) electrons. The number of carbonyl (C=O) groups excluding carboxylic acids is 2. The third-order valence-electron chi connectivity index (χ3n) is 5.37. The van der Waals surface area contributed by atoms with Gasteiger partial charge in [-0.25, -0.2) is 18.6 Å². The summed E-state index contributed by atoms with van der Waals surface area (Å²) in [5, 5.41) is -0.0286. The van der Waals surface area contributed by atoms with Crippen molar-refractivity contribution >= 4 is 38.0 Å². The summed E-state index contributed by atoms with van der Waals surface area (Å²) in [6.07, 6.45) is -9.58. The number of nitrogens with zero attached hydrogens (tertiary/aromatic N) is 1. The minimum Gasteiger partial charge on any atom is -0.496 e. The van der Waals surface area contributed by atoms with Crippen LogP contribution in [-0.4, -0.2) is 36.5 Å². The minimum atomic E-state index is -4.93. The molecule has 0 saturated heterocycles. The number of carbonyl (C=O) groups is 2. The highest BCUT2D eigenvalue weighted by atomic mass is 35.5. The molecule has 0 saturated carbocycles. The Hall–Kier alpha value is -2.83. The minimum absolute atomic E-state index is 0.0286. The van der Waals surface area contributed by atoms with Gasteiger partial charge in [0.05, 0.1) is 29.6 Å². The molecule has 3 rings (SSSR count). The van der Waals surface area contributed by atoms with Gasteiger partial charge in [-0.15, -0.1) is 0 Å². The van der Waals surface area contributed by atoms with Gasteiger partial charge < -0.3 is 9.47 Å². The standard InChI is InChI=1S/C26H27ClF4NO8P/c1-22(2,3)38-26(40-41-35,39-23(4,5)6)37-21(34)32-18-12-14(25(29,30)31)8-10-16(18)24(28,20(32)33)17-13-15(27)9-11-19(17)36-7/h8-13H,1-7H3/t24-/m0/s1. The molecule has 15 heteroatoms. The lowest BCUT2D eigenvalue weighted by atomic mass is 9.88. The zero-order valence-corrected chi connectivity index (χ0v) is 24.7. The smallest absolute Gasteiger partial charge is 0.475 e. The molecular weight excluding hydrogens is 597 g/mol. The van der Waals surface area contributed by atoms with Gasteiger partial charge in [0, 0.05) is 16.1 Å². The third-order valence-corrected chi connectivity index (χ3v) is 5.91. The largest absolute Gasteiger partial charge is 0.496 e. The highest BCUT2D eigenvalue weighted by Gasteiger charge is 2.59. The van der Waals surface area contributed by atoms with E-state index in [4.69, 9.17) is 35.1 Å². The summed E-state index contributed by atoms with van der Waals surface area (Å²) < 4.78 is 96.2. The molecule has 1 aliphatic rings. The molecule has 1 aliphatic heterocycles. The summed E-state index contributed by atoms with van der Waals surface area (Å²) in [4.78, 5) is 27.4. The van der Waals surface area contributed by atoms with Crippen molar-refractivity contribution in [3.05, 3.63) is 58.1 Å². The number of alkyl halides is 4. The van der Waals surface area contributed by atoms with Gasteiger partial charge in [-0.1, -0.05) is 17.7 Å². The van der Waals surface area contributed by atoms with E-state index < -0.39 is 72.3 Å². The molecule has 0 fully saturated rings. The summed E-state index contributed by atoms with van der Waals surface area (Å²) in [5.41, 5.74) is -8.86. The van der Waals surface area contributed by atoms with Crippen molar-refractivity contribution in [2.75, 3.05) is 12.0 Å². The fourth-order valence-corrected chi connectivity index (χ4v) is 4.40. The van der Waals surface area contributed by atoms with E-state index in [1.807, 2.05) is 0 Å². The lowest BCUT2D eigenvalue weighted by molar-refractivity contribution is -0.486. The van der Waals surface area contributed by atoms with Crippen LogP contribution in [0.15, 0.2) is 36.4 Å². The second kappa shape index (κ2) is 11.1. The van der Waals surface area contributed by atoms with Crippen molar-refractivity contribution < 1.29 is 55.2 Å². The van der Waals surface area contributed by atoms with Gasteiger partial charge in [0.2, 0.25) is 5.67 Å². The first-order valence-electron chi connectivity index (χ1n) is 11.9. The summed E-state index contributed by atoms with van der Waals surface area (Å²) in [6, 6.07) is 5.33. The van der Waals surface area contributed by atoms with Crippen molar-refractivity contribution in [1.82, 2.24) is 0 Å². The number of ether oxygens (including phenoxy) is 4. The first-order chi connectivity index (χ1) is 18.7. The maximum atomic E-state index is 17.1. The molecule has 2 aromatic rings. The number of fused-ring (bicyclic) bond motifs is 1. The lowest BCUT2D eigenvalue weighted by Crippen LogP contribution is -2.53. The SMILES string of the molecule is COc1ccc(Cl)cc1[C@]1(F)C(=O)N(C(=O)OC(OP=O)(OC(C)(C)C)OC(C)(C)C)c2cc(C(F)(F)F)ccc21. The Balaban J connectivity index is 2.26. The Labute approximate surface area is 239 Å². The van der Waals surface area contributed by atoms with Crippen molar-refractivity contribution in [2.24, 2.45) is 0 Å². The molecule has 0 spiro atoms. The number of imide groups is 1. The molecule has 0 aromatic heterocycles. The fraction of sp³-hybridized carbons (Fsp3) is 0.462. The van der Waals surface area contributed by atoms with Crippen LogP contribution in [-0.2, 0) is 39.9 Å². The second-order valence-corrected chi connectivity index (χ2v) is 11.6. The number of rotatable bonds is 7. The van der Waals surface area contributed by atoms with E-state index in [0.29, 0.717) is 12.1 Å². The molecule has 41 heavy (non-hydrogen) atoms. The molecule has 1 atom stereocenters. The summed E-state index contributed by atoms with van der Waals surface area (Å²) in [5.74, 6) is -1.83. The summed E-state index contributed by atoms with van der Waals surface area (Å²) >= 11 is 6.05. The van der Waals surface area contributed by atoms with Crippen molar-refractivity contribution in [2.45, 2.75) is 70.7 Å². The molecular formula is C26H27ClF4NO8P. The molecule has 2 amide bonds. The molecule has 224 valence electrons. The number of halogens is 5. The predicted octanol–water partition coefficient (Wildman–Crippen LogP) is 7.53. The average molecular weight is 624 g/mol. The van der Waals surface area contributed by atoms with E-state index >= 15 is 4.39 Å².